The van der Waals surface area contributed by atoms with Crippen molar-refractivity contribution in [3.05, 3.63) is 11.6 Å². The van der Waals surface area contributed by atoms with Gasteiger partial charge in [0.1, 0.15) is 18.3 Å². The lowest BCUT2D eigenvalue weighted by atomic mass is 9.38. The maximum absolute atomic E-state index is 13.3. The average molecular weight is 495 g/mol. The van der Waals surface area contributed by atoms with Gasteiger partial charge in [-0.15, -0.1) is 0 Å². The summed E-state index contributed by atoms with van der Waals surface area (Å²) < 4.78 is 17.4. The van der Waals surface area contributed by atoms with Crippen LogP contribution in [0.5, 0.6) is 0 Å². The SMILES string of the molecule is CC[C@](C)(O)C(=O)O[C@H]1C(=O)O[C@@H]2C[C@H]3C(C)=CC(=O)[C@@H](O)[C@]3(C)[C@H]3[C@]4(O)OC[C@]32[C@@H]1[C@@H](C)[C@H]4O. The number of esters is 2. The van der Waals surface area contributed by atoms with E-state index in [9.17, 15) is 34.8 Å². The van der Waals surface area contributed by atoms with Crippen molar-refractivity contribution in [2.45, 2.75) is 83.3 Å². The predicted molar refractivity (Wildman–Crippen MR) is 117 cm³/mol. The molecule has 0 aromatic heterocycles. The Labute approximate surface area is 203 Å². The molecule has 5 aliphatic rings. The highest BCUT2D eigenvalue weighted by atomic mass is 16.7. The largest absolute Gasteiger partial charge is 0.459 e. The monoisotopic (exact) mass is 494 g/mol. The lowest BCUT2D eigenvalue weighted by molar-refractivity contribution is -0.340. The zero-order valence-corrected chi connectivity index (χ0v) is 20.6. The first-order valence-corrected chi connectivity index (χ1v) is 12.3. The molecule has 194 valence electrons. The van der Waals surface area contributed by atoms with Gasteiger partial charge in [-0.1, -0.05) is 26.3 Å². The highest BCUT2D eigenvalue weighted by Crippen LogP contribution is 2.73. The Balaban J connectivity index is 1.69. The molecule has 0 aromatic carbocycles. The van der Waals surface area contributed by atoms with Crippen LogP contribution in [0.3, 0.4) is 0 Å². The zero-order chi connectivity index (χ0) is 25.9. The highest BCUT2D eigenvalue weighted by Gasteiger charge is 2.83. The molecule has 2 heterocycles. The van der Waals surface area contributed by atoms with Gasteiger partial charge in [-0.05, 0) is 44.6 Å². The van der Waals surface area contributed by atoms with Crippen molar-refractivity contribution in [1.29, 1.82) is 0 Å². The molecule has 5 rings (SSSR count). The Morgan fingerprint density at radius 3 is 2.60 bits per heavy atom. The van der Waals surface area contributed by atoms with Crippen LogP contribution >= 0.6 is 0 Å². The number of hydrogen-bond donors (Lipinski definition) is 4. The molecule has 0 amide bonds. The molecule has 35 heavy (non-hydrogen) atoms. The fourth-order valence-corrected chi connectivity index (χ4v) is 8.12. The Morgan fingerprint density at radius 1 is 1.31 bits per heavy atom. The van der Waals surface area contributed by atoms with E-state index in [2.05, 4.69) is 0 Å². The van der Waals surface area contributed by atoms with Gasteiger partial charge < -0.3 is 34.6 Å². The summed E-state index contributed by atoms with van der Waals surface area (Å²) in [6, 6.07) is 0. The fourth-order valence-electron chi connectivity index (χ4n) is 8.12. The summed E-state index contributed by atoms with van der Waals surface area (Å²) in [7, 11) is 0. The molecule has 0 aromatic rings. The van der Waals surface area contributed by atoms with Gasteiger partial charge in [-0.3, -0.25) is 4.79 Å². The van der Waals surface area contributed by atoms with Gasteiger partial charge in [0.25, 0.3) is 0 Å². The molecule has 4 N–H and O–H groups in total. The quantitative estimate of drug-likeness (QED) is 0.389. The number of allylic oxidation sites excluding steroid dienone is 1. The van der Waals surface area contributed by atoms with Gasteiger partial charge in [0.15, 0.2) is 17.2 Å². The third-order valence-corrected chi connectivity index (χ3v) is 9.99. The molecule has 0 radical (unpaired) electrons. The number of carbonyl (C=O) groups excluding carboxylic acids is 3. The summed E-state index contributed by atoms with van der Waals surface area (Å²) in [6.07, 6.45) is -3.51. The van der Waals surface area contributed by atoms with Crippen molar-refractivity contribution in [2.75, 3.05) is 6.61 Å². The second-order valence-electron chi connectivity index (χ2n) is 11.6. The summed E-state index contributed by atoms with van der Waals surface area (Å²) in [4.78, 5) is 38.8. The molecule has 1 spiro atoms. The van der Waals surface area contributed by atoms with Crippen LogP contribution in [-0.4, -0.2) is 80.6 Å². The zero-order valence-electron chi connectivity index (χ0n) is 20.6. The van der Waals surface area contributed by atoms with E-state index in [1.54, 1.807) is 27.7 Å². The van der Waals surface area contributed by atoms with Crippen LogP contribution < -0.4 is 0 Å². The Kier molecular flexibility index (Phi) is 5.21. The minimum Gasteiger partial charge on any atom is -0.459 e. The Morgan fingerprint density at radius 2 is 1.97 bits per heavy atom. The topological polar surface area (TPSA) is 160 Å². The molecule has 4 fully saturated rings. The summed E-state index contributed by atoms with van der Waals surface area (Å²) in [5.41, 5.74) is -3.54. The predicted octanol–water partition coefficient (Wildman–Crippen LogP) is -0.151. The summed E-state index contributed by atoms with van der Waals surface area (Å²) in [5, 5.41) is 44.8. The highest BCUT2D eigenvalue weighted by molar-refractivity contribution is 5.96. The fraction of sp³-hybridized carbons (Fsp3) is 0.800. The summed E-state index contributed by atoms with van der Waals surface area (Å²) >= 11 is 0. The smallest absolute Gasteiger partial charge is 0.348 e. The molecule has 2 aliphatic heterocycles. The van der Waals surface area contributed by atoms with Gasteiger partial charge in [-0.25, -0.2) is 9.59 Å². The molecule has 2 bridgehead atoms. The van der Waals surface area contributed by atoms with Crippen LogP contribution in [0.4, 0.5) is 0 Å². The van der Waals surface area contributed by atoms with Crippen LogP contribution in [0.25, 0.3) is 0 Å². The lowest BCUT2D eigenvalue weighted by Crippen LogP contribution is -2.78. The molecule has 10 heteroatoms. The maximum atomic E-state index is 13.3. The van der Waals surface area contributed by atoms with Crippen molar-refractivity contribution in [3.63, 3.8) is 0 Å². The molecular formula is C25H34O10. The van der Waals surface area contributed by atoms with Crippen LogP contribution in [0.1, 0.15) is 47.5 Å². The second kappa shape index (κ2) is 7.35. The number of fused-ring (bicyclic) bond motifs is 1. The minimum atomic E-state index is -2.12. The number of hydrogen-bond acceptors (Lipinski definition) is 10. The van der Waals surface area contributed by atoms with E-state index < -0.39 is 88.0 Å². The van der Waals surface area contributed by atoms with Crippen molar-refractivity contribution in [2.24, 2.45) is 34.5 Å². The molecule has 10 nitrogen and oxygen atoms in total. The number of ketones is 1. The van der Waals surface area contributed by atoms with E-state index in [0.717, 1.165) is 0 Å². The summed E-state index contributed by atoms with van der Waals surface area (Å²) in [5.74, 6) is -7.47. The van der Waals surface area contributed by atoms with E-state index >= 15 is 0 Å². The Bertz CT molecular complexity index is 1020. The van der Waals surface area contributed by atoms with Crippen LogP contribution in [-0.2, 0) is 28.6 Å². The first kappa shape index (κ1) is 24.8. The minimum absolute atomic E-state index is 0.0510. The van der Waals surface area contributed by atoms with E-state index in [1.165, 1.54) is 13.0 Å². The normalized spacial score (nSPS) is 52.0. The van der Waals surface area contributed by atoms with Gasteiger partial charge in [-0.2, -0.15) is 0 Å². The van der Waals surface area contributed by atoms with E-state index in [-0.39, 0.29) is 19.4 Å². The number of ether oxygens (including phenoxy) is 3. The van der Waals surface area contributed by atoms with Crippen LogP contribution in [0.15, 0.2) is 11.6 Å². The first-order chi connectivity index (χ1) is 16.2. The maximum Gasteiger partial charge on any atom is 0.348 e. The average Bonchev–Trinajstić information content (AvgIpc) is 3.08. The van der Waals surface area contributed by atoms with Crippen molar-refractivity contribution in [1.82, 2.24) is 0 Å². The van der Waals surface area contributed by atoms with E-state index in [4.69, 9.17) is 14.2 Å². The number of aliphatic hydroxyl groups is 4. The standard InChI is InChI=1S/C25H34O10/c1-6-22(4,31)21(30)35-16-15-11(3)17(27)25(32)20-23(5)12(10(2)7-13(26)18(23)28)8-14(34-19(16)29)24(15,20)9-33-25/h7,11-12,14-18,20,27-28,31-32H,6,8-9H2,1-5H3/t11-,12+,14-,15-,16-,17-,18-,20-,22+,23-,24+,25-/m1/s1. The summed E-state index contributed by atoms with van der Waals surface area (Å²) in [6.45, 7) is 7.88. The van der Waals surface area contributed by atoms with Crippen molar-refractivity contribution >= 4 is 17.7 Å². The van der Waals surface area contributed by atoms with Crippen molar-refractivity contribution in [3.8, 4) is 0 Å². The van der Waals surface area contributed by atoms with Gasteiger partial charge in [0, 0.05) is 22.7 Å². The molecule has 12 atom stereocenters. The second-order valence-corrected chi connectivity index (χ2v) is 11.6. The molecule has 0 unspecified atom stereocenters. The third kappa shape index (κ3) is 2.80. The number of aliphatic hydroxyl groups excluding tert-OH is 2. The third-order valence-electron chi connectivity index (χ3n) is 9.99. The van der Waals surface area contributed by atoms with Crippen LogP contribution in [0, 0.1) is 34.5 Å². The number of rotatable bonds is 3. The van der Waals surface area contributed by atoms with E-state index in [1.807, 2.05) is 0 Å². The molecular weight excluding hydrogens is 460 g/mol. The van der Waals surface area contributed by atoms with Gasteiger partial charge in [0.05, 0.1) is 6.61 Å². The van der Waals surface area contributed by atoms with Crippen molar-refractivity contribution < 1.29 is 49.0 Å². The van der Waals surface area contributed by atoms with Crippen LogP contribution in [0.2, 0.25) is 0 Å². The van der Waals surface area contributed by atoms with Gasteiger partial charge >= 0.3 is 11.9 Å². The van der Waals surface area contributed by atoms with E-state index in [0.29, 0.717) is 5.57 Å². The molecule has 3 aliphatic carbocycles. The lowest BCUT2D eigenvalue weighted by Gasteiger charge is -2.68. The van der Waals surface area contributed by atoms with Gasteiger partial charge in [0.2, 0.25) is 6.10 Å². The molecule has 2 saturated heterocycles. The number of carbonyl (C=O) groups is 3. The molecule has 2 saturated carbocycles. The Hall–Kier alpha value is -1.85. The first-order valence-electron chi connectivity index (χ1n) is 12.3.